The Bertz CT molecular complexity index is 495. The van der Waals surface area contributed by atoms with E-state index < -0.39 is 5.97 Å². The van der Waals surface area contributed by atoms with E-state index in [1.807, 2.05) is 6.92 Å². The number of carbonyl (C=O) groups excluding carboxylic acids is 1. The molecular weight excluding hydrogens is 262 g/mol. The number of amides is 2. The second kappa shape index (κ2) is 5.89. The summed E-state index contributed by atoms with van der Waals surface area (Å²) in [5, 5.41) is 19.0. The monoisotopic (exact) mass is 281 g/mol. The minimum absolute atomic E-state index is 0.00262. The molecule has 1 saturated heterocycles. The Hall–Kier alpha value is -2.12. The van der Waals surface area contributed by atoms with Crippen LogP contribution in [-0.2, 0) is 0 Å². The number of likely N-dealkylation sites (tertiary alicyclic amines) is 1. The van der Waals surface area contributed by atoms with Crippen LogP contribution in [0.5, 0.6) is 0 Å². The van der Waals surface area contributed by atoms with E-state index in [0.717, 1.165) is 12.8 Å². The lowest BCUT2D eigenvalue weighted by Crippen LogP contribution is -2.55. The van der Waals surface area contributed by atoms with E-state index in [0.29, 0.717) is 13.1 Å². The van der Waals surface area contributed by atoms with Crippen molar-refractivity contribution in [1.29, 1.82) is 0 Å². The highest BCUT2D eigenvalue weighted by atomic mass is 16.4. The first-order valence-electron chi connectivity index (χ1n) is 6.71. The van der Waals surface area contributed by atoms with Gasteiger partial charge in [0, 0.05) is 19.1 Å². The summed E-state index contributed by atoms with van der Waals surface area (Å²) < 4.78 is 1.50. The molecule has 1 aliphatic rings. The summed E-state index contributed by atoms with van der Waals surface area (Å²) >= 11 is 0. The smallest absolute Gasteiger partial charge is 0.358 e. The van der Waals surface area contributed by atoms with E-state index >= 15 is 0 Å². The second-order valence-electron chi connectivity index (χ2n) is 5.09. The van der Waals surface area contributed by atoms with Crippen LogP contribution in [0.1, 0.15) is 43.2 Å². The number of hydrogen-bond donors (Lipinski definition) is 2. The highest BCUT2D eigenvalue weighted by Gasteiger charge is 2.33. The highest BCUT2D eigenvalue weighted by molar-refractivity contribution is 5.84. The predicted octanol–water partition coefficient (Wildman–Crippen LogP) is 0.731. The van der Waals surface area contributed by atoms with Gasteiger partial charge in [-0.2, -0.15) is 0 Å². The Labute approximate surface area is 116 Å². The van der Waals surface area contributed by atoms with Crippen LogP contribution in [0.15, 0.2) is 6.20 Å². The lowest BCUT2D eigenvalue weighted by molar-refractivity contribution is 0.0690. The summed E-state index contributed by atoms with van der Waals surface area (Å²) in [6.45, 7) is 5.10. The molecule has 1 aromatic heterocycles. The number of carbonyl (C=O) groups is 2. The summed E-state index contributed by atoms with van der Waals surface area (Å²) in [5.41, 5.74) is -0.0792. The average molecular weight is 281 g/mol. The molecule has 0 aromatic carbocycles. The SMILES string of the molecule is CCCC(C)NC(=O)N1CC(n2cc(C(=O)O)nn2)C1. The van der Waals surface area contributed by atoms with Crippen LogP contribution < -0.4 is 5.32 Å². The Kier molecular flexibility index (Phi) is 4.21. The molecule has 1 aliphatic heterocycles. The third-order valence-corrected chi connectivity index (χ3v) is 3.34. The molecule has 0 saturated carbocycles. The Morgan fingerprint density at radius 2 is 2.25 bits per heavy atom. The topological polar surface area (TPSA) is 100 Å². The van der Waals surface area contributed by atoms with E-state index in [4.69, 9.17) is 5.11 Å². The molecule has 110 valence electrons. The van der Waals surface area contributed by atoms with E-state index in [1.54, 1.807) is 4.90 Å². The summed E-state index contributed by atoms with van der Waals surface area (Å²) in [4.78, 5) is 24.3. The molecule has 2 rings (SSSR count). The third-order valence-electron chi connectivity index (χ3n) is 3.34. The van der Waals surface area contributed by atoms with Crippen LogP contribution in [0.2, 0.25) is 0 Å². The summed E-state index contributed by atoms with van der Waals surface area (Å²) in [7, 11) is 0. The number of nitrogens with zero attached hydrogens (tertiary/aromatic N) is 4. The van der Waals surface area contributed by atoms with Gasteiger partial charge >= 0.3 is 12.0 Å². The molecule has 0 radical (unpaired) electrons. The minimum Gasteiger partial charge on any atom is -0.476 e. The van der Waals surface area contributed by atoms with E-state index in [9.17, 15) is 9.59 Å². The van der Waals surface area contributed by atoms with Crippen molar-refractivity contribution in [1.82, 2.24) is 25.2 Å². The van der Waals surface area contributed by atoms with Crippen LogP contribution >= 0.6 is 0 Å². The van der Waals surface area contributed by atoms with Crippen molar-refractivity contribution in [2.45, 2.75) is 38.8 Å². The van der Waals surface area contributed by atoms with Gasteiger partial charge in [-0.3, -0.25) is 0 Å². The van der Waals surface area contributed by atoms with Gasteiger partial charge in [0.15, 0.2) is 5.69 Å². The fourth-order valence-electron chi connectivity index (χ4n) is 2.15. The molecule has 20 heavy (non-hydrogen) atoms. The van der Waals surface area contributed by atoms with Gasteiger partial charge in [-0.05, 0) is 13.3 Å². The molecule has 2 N–H and O–H groups in total. The zero-order valence-electron chi connectivity index (χ0n) is 11.6. The molecule has 1 unspecified atom stereocenters. The summed E-state index contributed by atoms with van der Waals surface area (Å²) in [5.74, 6) is -1.10. The molecule has 1 aromatic rings. The van der Waals surface area contributed by atoms with E-state index in [1.165, 1.54) is 10.9 Å². The quantitative estimate of drug-likeness (QED) is 0.828. The van der Waals surface area contributed by atoms with Crippen molar-refractivity contribution in [3.8, 4) is 0 Å². The second-order valence-corrected chi connectivity index (χ2v) is 5.09. The molecule has 0 spiro atoms. The van der Waals surface area contributed by atoms with Crippen LogP contribution in [0.3, 0.4) is 0 Å². The molecule has 0 bridgehead atoms. The molecule has 2 heterocycles. The van der Waals surface area contributed by atoms with Gasteiger partial charge < -0.3 is 15.3 Å². The number of nitrogens with one attached hydrogen (secondary N) is 1. The number of aromatic carboxylic acids is 1. The van der Waals surface area contributed by atoms with Gasteiger partial charge in [0.2, 0.25) is 0 Å². The predicted molar refractivity (Wildman–Crippen MR) is 70.5 cm³/mol. The first-order valence-corrected chi connectivity index (χ1v) is 6.71. The third kappa shape index (κ3) is 3.06. The normalized spacial score (nSPS) is 16.6. The largest absolute Gasteiger partial charge is 0.476 e. The Balaban J connectivity index is 1.81. The van der Waals surface area contributed by atoms with Crippen LogP contribution in [-0.4, -0.2) is 56.1 Å². The van der Waals surface area contributed by atoms with Gasteiger partial charge in [-0.15, -0.1) is 5.10 Å². The molecule has 2 amide bonds. The Morgan fingerprint density at radius 3 is 2.80 bits per heavy atom. The number of hydrogen-bond acceptors (Lipinski definition) is 4. The molecule has 8 heteroatoms. The van der Waals surface area contributed by atoms with Gasteiger partial charge in [-0.1, -0.05) is 18.6 Å². The van der Waals surface area contributed by atoms with Crippen LogP contribution in [0, 0.1) is 0 Å². The van der Waals surface area contributed by atoms with Crippen molar-refractivity contribution < 1.29 is 14.7 Å². The van der Waals surface area contributed by atoms with Crippen LogP contribution in [0.4, 0.5) is 4.79 Å². The standard InChI is InChI=1S/C12H19N5O3/c1-3-4-8(2)13-12(20)16-5-9(6-16)17-7-10(11(18)19)14-15-17/h7-9H,3-6H2,1-2H3,(H,13,20)(H,18,19). The fourth-order valence-corrected chi connectivity index (χ4v) is 2.15. The fraction of sp³-hybridized carbons (Fsp3) is 0.667. The molecule has 1 fully saturated rings. The van der Waals surface area contributed by atoms with Crippen molar-refractivity contribution in [2.24, 2.45) is 0 Å². The van der Waals surface area contributed by atoms with E-state index in [2.05, 4.69) is 22.6 Å². The van der Waals surface area contributed by atoms with Crippen LogP contribution in [0.25, 0.3) is 0 Å². The molecular formula is C12H19N5O3. The molecule has 8 nitrogen and oxygen atoms in total. The van der Waals surface area contributed by atoms with Gasteiger partial charge in [0.25, 0.3) is 0 Å². The van der Waals surface area contributed by atoms with Gasteiger partial charge in [0.05, 0.1) is 12.2 Å². The first kappa shape index (κ1) is 14.3. The lowest BCUT2D eigenvalue weighted by atomic mass is 10.1. The number of carboxylic acids is 1. The molecule has 0 aliphatic carbocycles. The van der Waals surface area contributed by atoms with Crippen molar-refractivity contribution >= 4 is 12.0 Å². The maximum atomic E-state index is 11.9. The lowest BCUT2D eigenvalue weighted by Gasteiger charge is -2.39. The summed E-state index contributed by atoms with van der Waals surface area (Å²) in [6, 6.07) is 0.0835. The van der Waals surface area contributed by atoms with Gasteiger partial charge in [-0.25, -0.2) is 14.3 Å². The van der Waals surface area contributed by atoms with Crippen molar-refractivity contribution in [3.05, 3.63) is 11.9 Å². The maximum Gasteiger partial charge on any atom is 0.358 e. The summed E-state index contributed by atoms with van der Waals surface area (Å²) in [6.07, 6.45) is 3.37. The zero-order chi connectivity index (χ0) is 14.7. The number of aromatic nitrogens is 3. The zero-order valence-corrected chi connectivity index (χ0v) is 11.6. The van der Waals surface area contributed by atoms with E-state index in [-0.39, 0.29) is 23.8 Å². The molecule has 1 atom stereocenters. The minimum atomic E-state index is -1.10. The average Bonchev–Trinajstić information content (AvgIpc) is 2.76. The van der Waals surface area contributed by atoms with Crippen molar-refractivity contribution in [3.63, 3.8) is 0 Å². The van der Waals surface area contributed by atoms with Gasteiger partial charge in [0.1, 0.15) is 0 Å². The first-order chi connectivity index (χ1) is 9.51. The highest BCUT2D eigenvalue weighted by Crippen LogP contribution is 2.20. The number of carboxylic acid groups (broad SMARTS) is 1. The number of urea groups is 1. The van der Waals surface area contributed by atoms with Crippen molar-refractivity contribution in [2.75, 3.05) is 13.1 Å². The Morgan fingerprint density at radius 1 is 1.55 bits per heavy atom. The maximum absolute atomic E-state index is 11.9. The number of rotatable bonds is 5.